The van der Waals surface area contributed by atoms with E-state index in [0.29, 0.717) is 0 Å². The zero-order chi connectivity index (χ0) is 13.7. The van der Waals surface area contributed by atoms with E-state index >= 15 is 0 Å². The predicted octanol–water partition coefficient (Wildman–Crippen LogP) is 4.70. The van der Waals surface area contributed by atoms with Crippen LogP contribution in [0.25, 0.3) is 10.9 Å². The van der Waals surface area contributed by atoms with Gasteiger partial charge in [0.25, 0.3) is 0 Å². The van der Waals surface area contributed by atoms with Gasteiger partial charge in [0.15, 0.2) is 0 Å². The van der Waals surface area contributed by atoms with Gasteiger partial charge in [0, 0.05) is 23.6 Å². The minimum Gasteiger partial charge on any atom is -0.343 e. The Morgan fingerprint density at radius 3 is 2.84 bits per heavy atom. The van der Waals surface area contributed by atoms with Crippen LogP contribution in [0.4, 0.5) is 0 Å². The smallest absolute Gasteiger partial charge is 0.0486 e. The maximum atomic E-state index is 3.90. The topological polar surface area (TPSA) is 4.93 Å². The summed E-state index contributed by atoms with van der Waals surface area (Å²) in [6, 6.07) is 8.55. The highest BCUT2D eigenvalue weighted by molar-refractivity contribution is 7.15. The first-order chi connectivity index (χ1) is 9.30. The Kier molecular flexibility index (Phi) is 4.76. The third kappa shape index (κ3) is 3.05. The first-order valence-corrected chi connectivity index (χ1v) is 7.33. The summed E-state index contributed by atoms with van der Waals surface area (Å²) in [5, 5.41) is 1.34. The van der Waals surface area contributed by atoms with Crippen LogP contribution in [-0.4, -0.2) is 4.57 Å². The summed E-state index contributed by atoms with van der Waals surface area (Å²) in [5.74, 6) is 0. The Morgan fingerprint density at radius 1 is 1.37 bits per heavy atom. The van der Waals surface area contributed by atoms with E-state index in [1.165, 1.54) is 22.0 Å². The third-order valence-corrected chi connectivity index (χ3v) is 3.65. The molecule has 0 N–H and O–H groups in total. The van der Waals surface area contributed by atoms with E-state index < -0.39 is 0 Å². The van der Waals surface area contributed by atoms with Crippen molar-refractivity contribution in [3.05, 3.63) is 72.5 Å². The van der Waals surface area contributed by atoms with Crippen molar-refractivity contribution >= 4 is 20.1 Å². The lowest BCUT2D eigenvalue weighted by Gasteiger charge is -2.05. The second kappa shape index (κ2) is 6.54. The van der Waals surface area contributed by atoms with E-state index in [1.807, 2.05) is 19.1 Å². The fourth-order valence-electron chi connectivity index (χ4n) is 2.22. The predicted molar refractivity (Wildman–Crippen MR) is 88.4 cm³/mol. The fraction of sp³-hybridized carbons (Fsp3) is 0.176. The molecule has 0 radical (unpaired) electrons. The number of allylic oxidation sites excluding steroid dienone is 5. The third-order valence-electron chi connectivity index (χ3n) is 3.21. The van der Waals surface area contributed by atoms with Crippen molar-refractivity contribution in [3.63, 3.8) is 0 Å². The van der Waals surface area contributed by atoms with E-state index in [1.54, 1.807) is 0 Å². The van der Waals surface area contributed by atoms with Gasteiger partial charge < -0.3 is 4.57 Å². The molecule has 0 saturated carbocycles. The lowest BCUT2D eigenvalue weighted by Crippen LogP contribution is -1.97. The molecule has 0 bridgehead atoms. The highest BCUT2D eigenvalue weighted by Crippen LogP contribution is 2.24. The van der Waals surface area contributed by atoms with E-state index in [2.05, 4.69) is 63.0 Å². The van der Waals surface area contributed by atoms with Crippen molar-refractivity contribution in [2.75, 3.05) is 0 Å². The molecule has 2 heteroatoms. The van der Waals surface area contributed by atoms with E-state index in [4.69, 9.17) is 0 Å². The highest BCUT2D eigenvalue weighted by Gasteiger charge is 2.06. The van der Waals surface area contributed by atoms with Crippen molar-refractivity contribution in [2.24, 2.45) is 0 Å². The molecule has 19 heavy (non-hydrogen) atoms. The van der Waals surface area contributed by atoms with Crippen molar-refractivity contribution in [1.29, 1.82) is 0 Å². The number of hydrogen-bond acceptors (Lipinski definition) is 0. The molecule has 98 valence electrons. The molecule has 0 fully saturated rings. The number of rotatable bonds is 5. The summed E-state index contributed by atoms with van der Waals surface area (Å²) in [6.45, 7) is 6.78. The fourth-order valence-corrected chi connectivity index (χ4v) is 2.54. The summed E-state index contributed by atoms with van der Waals surface area (Å²) in [4.78, 5) is 0. The second-order valence-corrected chi connectivity index (χ2v) is 4.88. The zero-order valence-electron chi connectivity index (χ0n) is 11.3. The van der Waals surface area contributed by atoms with Crippen LogP contribution < -0.4 is 0 Å². The molecule has 0 aliphatic heterocycles. The van der Waals surface area contributed by atoms with E-state index in [9.17, 15) is 0 Å². The molecule has 1 unspecified atom stereocenters. The minimum absolute atomic E-state index is 0.860. The van der Waals surface area contributed by atoms with Gasteiger partial charge in [0.2, 0.25) is 0 Å². The summed E-state index contributed by atoms with van der Waals surface area (Å²) in [5.41, 5.74) is 3.87. The van der Waals surface area contributed by atoms with Crippen molar-refractivity contribution in [1.82, 2.24) is 4.57 Å². The summed E-state index contributed by atoms with van der Waals surface area (Å²) in [7, 11) is 2.81. The molecule has 1 heterocycles. The molecular weight excluding hydrogens is 249 g/mol. The molecule has 0 amide bonds. The van der Waals surface area contributed by atoms with Gasteiger partial charge in [-0.2, -0.15) is 0 Å². The van der Waals surface area contributed by atoms with Gasteiger partial charge in [-0.3, -0.25) is 0 Å². The molecule has 0 spiro atoms. The SMILES string of the molecule is C=C/C(=C\C=C/C)Cn1cc(CP)c2ccccc21. The van der Waals surface area contributed by atoms with Crippen LogP contribution in [0.2, 0.25) is 0 Å². The van der Waals surface area contributed by atoms with Crippen LogP contribution in [0.3, 0.4) is 0 Å². The molecule has 1 aromatic heterocycles. The largest absolute Gasteiger partial charge is 0.343 e. The van der Waals surface area contributed by atoms with Crippen LogP contribution in [-0.2, 0) is 12.7 Å². The summed E-state index contributed by atoms with van der Waals surface area (Å²) >= 11 is 0. The molecule has 2 aromatic rings. The first-order valence-electron chi connectivity index (χ1n) is 6.51. The van der Waals surface area contributed by atoms with Gasteiger partial charge in [-0.25, -0.2) is 0 Å². The molecule has 0 aliphatic carbocycles. The average Bonchev–Trinajstić information content (AvgIpc) is 2.81. The Morgan fingerprint density at radius 2 is 2.16 bits per heavy atom. The molecule has 1 atom stereocenters. The Hall–Kier alpha value is -1.59. The van der Waals surface area contributed by atoms with Gasteiger partial charge >= 0.3 is 0 Å². The van der Waals surface area contributed by atoms with Crippen molar-refractivity contribution < 1.29 is 0 Å². The number of aromatic nitrogens is 1. The quantitative estimate of drug-likeness (QED) is 0.547. The summed E-state index contributed by atoms with van der Waals surface area (Å²) in [6.07, 6.45) is 11.3. The molecule has 2 rings (SSSR count). The summed E-state index contributed by atoms with van der Waals surface area (Å²) < 4.78 is 2.30. The lowest BCUT2D eigenvalue weighted by atomic mass is 10.2. The van der Waals surface area contributed by atoms with Crippen molar-refractivity contribution in [3.8, 4) is 0 Å². The molecule has 1 aromatic carbocycles. The van der Waals surface area contributed by atoms with Gasteiger partial charge in [0.1, 0.15) is 0 Å². The number of fused-ring (bicyclic) bond motifs is 1. The average molecular weight is 269 g/mol. The maximum absolute atomic E-state index is 3.90. The maximum Gasteiger partial charge on any atom is 0.0486 e. The molecular formula is C17H20NP. The Labute approximate surface area is 117 Å². The van der Waals surface area contributed by atoms with Crippen LogP contribution >= 0.6 is 9.24 Å². The monoisotopic (exact) mass is 269 g/mol. The van der Waals surface area contributed by atoms with E-state index in [-0.39, 0.29) is 0 Å². The second-order valence-electron chi connectivity index (χ2n) is 4.48. The number of hydrogen-bond donors (Lipinski definition) is 0. The number of para-hydroxylation sites is 1. The van der Waals surface area contributed by atoms with Crippen LogP contribution in [0.15, 0.2) is 66.9 Å². The van der Waals surface area contributed by atoms with Gasteiger partial charge in [-0.05, 0) is 30.3 Å². The lowest BCUT2D eigenvalue weighted by molar-refractivity contribution is 0.833. The van der Waals surface area contributed by atoms with E-state index in [0.717, 1.165) is 12.7 Å². The standard InChI is InChI=1S/C17H20NP/c1-3-5-8-14(4-2)11-18-12-15(13-19)16-9-6-7-10-17(16)18/h3-10,12H,2,11,13,19H2,1H3/b5-3-,14-8+. The van der Waals surface area contributed by atoms with Crippen LogP contribution in [0.5, 0.6) is 0 Å². The van der Waals surface area contributed by atoms with Crippen LogP contribution in [0.1, 0.15) is 12.5 Å². The molecule has 0 aliphatic rings. The van der Waals surface area contributed by atoms with Crippen molar-refractivity contribution in [2.45, 2.75) is 19.6 Å². The van der Waals surface area contributed by atoms with Crippen LogP contribution in [0, 0.1) is 0 Å². The number of nitrogens with zero attached hydrogens (tertiary/aromatic N) is 1. The Balaban J connectivity index is 2.42. The minimum atomic E-state index is 0.860. The Bertz CT molecular complexity index is 632. The van der Waals surface area contributed by atoms with Gasteiger partial charge in [-0.15, -0.1) is 9.24 Å². The van der Waals surface area contributed by atoms with Gasteiger partial charge in [0.05, 0.1) is 0 Å². The molecule has 0 saturated heterocycles. The number of benzene rings is 1. The first kappa shape index (κ1) is 13.8. The molecule has 1 nitrogen and oxygen atoms in total. The normalized spacial score (nSPS) is 12.4. The van der Waals surface area contributed by atoms with Gasteiger partial charge in [-0.1, -0.05) is 49.1 Å². The zero-order valence-corrected chi connectivity index (χ0v) is 12.5. The highest BCUT2D eigenvalue weighted by atomic mass is 31.0.